The molecular weight excluding hydrogens is 422 g/mol. The molecule has 2 heterocycles. The van der Waals surface area contributed by atoms with Crippen molar-refractivity contribution < 1.29 is 19.0 Å². The molecule has 0 saturated heterocycles. The average Bonchev–Trinajstić information content (AvgIpc) is 3.25. The van der Waals surface area contributed by atoms with Crippen LogP contribution >= 0.6 is 0 Å². The van der Waals surface area contributed by atoms with Gasteiger partial charge in [0.15, 0.2) is 16.9 Å². The Morgan fingerprint density at radius 1 is 1.21 bits per heavy atom. The van der Waals surface area contributed by atoms with Gasteiger partial charge in [0.1, 0.15) is 11.7 Å². The Balaban J connectivity index is 1.87. The Bertz CT molecular complexity index is 1190. The van der Waals surface area contributed by atoms with E-state index in [1.807, 2.05) is 0 Å². The van der Waals surface area contributed by atoms with Gasteiger partial charge in [-0.3, -0.25) is 0 Å². The first-order valence-corrected chi connectivity index (χ1v) is 10.5. The minimum Gasteiger partial charge on any atom is -0.454 e. The predicted molar refractivity (Wildman–Crippen MR) is 115 cm³/mol. The molecule has 168 valence electrons. The molecule has 2 unspecified atom stereocenters. The van der Waals surface area contributed by atoms with Crippen LogP contribution < -0.4 is 15.2 Å². The number of hydrogen-bond donors (Lipinski definition) is 1. The van der Waals surface area contributed by atoms with Gasteiger partial charge in [-0.2, -0.15) is 15.8 Å². The molecule has 2 aliphatic heterocycles. The maximum absolute atomic E-state index is 12.8. The number of allylic oxidation sites excluding steroid dienone is 2. The van der Waals surface area contributed by atoms with Gasteiger partial charge in [-0.05, 0) is 44.0 Å². The van der Waals surface area contributed by atoms with Gasteiger partial charge in [-0.15, -0.1) is 0 Å². The number of carbonyl (C=O) groups excluding carboxylic acids is 1. The van der Waals surface area contributed by atoms with Gasteiger partial charge >= 0.3 is 6.09 Å². The van der Waals surface area contributed by atoms with E-state index in [2.05, 4.69) is 18.2 Å². The molecule has 1 aromatic rings. The SMILES string of the molecule is CC(C)(C)OC(=O)N1CC=C2C(C#N)=C(N)C(C#N)(C#N)C(c3ccc4c(c3)OCO4)C2C1. The van der Waals surface area contributed by atoms with E-state index >= 15 is 0 Å². The molecule has 0 spiro atoms. The second-order valence-corrected chi connectivity index (χ2v) is 9.17. The van der Waals surface area contributed by atoms with Crippen LogP contribution in [0, 0.1) is 45.3 Å². The molecule has 0 bridgehead atoms. The molecule has 9 heteroatoms. The minimum absolute atomic E-state index is 0.0761. The maximum Gasteiger partial charge on any atom is 0.410 e. The number of benzene rings is 1. The summed E-state index contributed by atoms with van der Waals surface area (Å²) in [6, 6.07) is 11.4. The number of amides is 1. The second-order valence-electron chi connectivity index (χ2n) is 9.17. The monoisotopic (exact) mass is 445 g/mol. The summed E-state index contributed by atoms with van der Waals surface area (Å²) in [5.74, 6) is -0.232. The second kappa shape index (κ2) is 7.76. The quantitative estimate of drug-likeness (QED) is 0.694. The fraction of sp³-hybridized carbons (Fsp3) is 0.417. The van der Waals surface area contributed by atoms with Gasteiger partial charge in [-0.25, -0.2) is 4.79 Å². The molecule has 1 aliphatic carbocycles. The van der Waals surface area contributed by atoms with Crippen molar-refractivity contribution in [1.29, 1.82) is 15.8 Å². The lowest BCUT2D eigenvalue weighted by Gasteiger charge is -2.45. The standard InChI is InChI=1S/C24H23N5O4/c1-23(2,3)33-22(30)29-7-6-15-16(9-25)21(28)24(11-26,12-27)20(17(15)10-29)14-4-5-18-19(8-14)32-13-31-18/h4-6,8,17,20H,7,10,13,28H2,1-3H3. The van der Waals surface area contributed by atoms with Crippen molar-refractivity contribution in [2.24, 2.45) is 17.1 Å². The van der Waals surface area contributed by atoms with Crippen LogP contribution in [0.5, 0.6) is 11.5 Å². The van der Waals surface area contributed by atoms with Gasteiger partial charge in [0.05, 0.1) is 23.4 Å². The van der Waals surface area contributed by atoms with Crippen LogP contribution in [-0.2, 0) is 4.74 Å². The number of ether oxygens (including phenoxy) is 3. The van der Waals surface area contributed by atoms with Crippen molar-refractivity contribution in [1.82, 2.24) is 4.90 Å². The van der Waals surface area contributed by atoms with Crippen LogP contribution in [0.2, 0.25) is 0 Å². The Morgan fingerprint density at radius 2 is 1.91 bits per heavy atom. The number of hydrogen-bond acceptors (Lipinski definition) is 8. The van der Waals surface area contributed by atoms with Crippen LogP contribution in [-0.4, -0.2) is 36.5 Å². The van der Waals surface area contributed by atoms with Gasteiger partial charge < -0.3 is 24.8 Å². The lowest BCUT2D eigenvalue weighted by atomic mass is 9.58. The number of carbonyl (C=O) groups is 1. The van der Waals surface area contributed by atoms with Crippen LogP contribution in [0.15, 0.2) is 41.1 Å². The van der Waals surface area contributed by atoms with E-state index in [0.29, 0.717) is 22.6 Å². The third-order valence-electron chi connectivity index (χ3n) is 6.07. The van der Waals surface area contributed by atoms with E-state index in [4.69, 9.17) is 19.9 Å². The summed E-state index contributed by atoms with van der Waals surface area (Å²) in [4.78, 5) is 14.3. The minimum atomic E-state index is -1.81. The number of rotatable bonds is 1. The van der Waals surface area contributed by atoms with Crippen LogP contribution in [0.25, 0.3) is 0 Å². The number of nitrogens with two attached hydrogens (primary N) is 1. The molecule has 1 amide bonds. The Kier molecular flexibility index (Phi) is 5.18. The zero-order valence-electron chi connectivity index (χ0n) is 18.6. The highest BCUT2D eigenvalue weighted by atomic mass is 16.7. The highest BCUT2D eigenvalue weighted by Gasteiger charge is 2.55. The lowest BCUT2D eigenvalue weighted by molar-refractivity contribution is 0.0224. The molecule has 3 aliphatic rings. The summed E-state index contributed by atoms with van der Waals surface area (Å²) in [5.41, 5.74) is 5.12. The molecule has 0 saturated carbocycles. The third kappa shape index (κ3) is 3.50. The lowest BCUT2D eigenvalue weighted by Crippen LogP contribution is -2.50. The first kappa shape index (κ1) is 22.0. The van der Waals surface area contributed by atoms with Crippen molar-refractivity contribution >= 4 is 6.09 Å². The summed E-state index contributed by atoms with van der Waals surface area (Å²) in [5, 5.41) is 30.2. The van der Waals surface area contributed by atoms with Gasteiger partial charge in [0.25, 0.3) is 0 Å². The largest absolute Gasteiger partial charge is 0.454 e. The highest BCUT2D eigenvalue weighted by Crippen LogP contribution is 2.55. The normalized spacial score (nSPS) is 22.9. The van der Waals surface area contributed by atoms with Gasteiger partial charge in [0, 0.05) is 24.9 Å². The molecule has 0 fully saturated rings. The van der Waals surface area contributed by atoms with Gasteiger partial charge in [-0.1, -0.05) is 12.1 Å². The molecule has 0 aromatic heterocycles. The van der Waals surface area contributed by atoms with Crippen LogP contribution in [0.3, 0.4) is 0 Å². The number of fused-ring (bicyclic) bond motifs is 2. The summed E-state index contributed by atoms with van der Waals surface area (Å²) >= 11 is 0. The van der Waals surface area contributed by atoms with E-state index in [1.165, 1.54) is 4.90 Å². The smallest absolute Gasteiger partial charge is 0.410 e. The molecular formula is C24H23N5O4. The molecule has 2 atom stereocenters. The molecule has 2 N–H and O–H groups in total. The molecule has 4 rings (SSSR count). The van der Waals surface area contributed by atoms with Crippen molar-refractivity contribution in [2.45, 2.75) is 32.3 Å². The van der Waals surface area contributed by atoms with Crippen molar-refractivity contribution in [3.63, 3.8) is 0 Å². The Hall–Kier alpha value is -4.16. The van der Waals surface area contributed by atoms with E-state index in [1.54, 1.807) is 45.0 Å². The molecule has 33 heavy (non-hydrogen) atoms. The average molecular weight is 445 g/mol. The van der Waals surface area contributed by atoms with Crippen molar-refractivity contribution in [3.8, 4) is 29.7 Å². The Labute approximate surface area is 191 Å². The van der Waals surface area contributed by atoms with Crippen molar-refractivity contribution in [3.05, 3.63) is 46.7 Å². The fourth-order valence-corrected chi connectivity index (χ4v) is 4.64. The summed E-state index contributed by atoms with van der Waals surface area (Å²) in [7, 11) is 0. The van der Waals surface area contributed by atoms with Crippen LogP contribution in [0.4, 0.5) is 4.79 Å². The third-order valence-corrected chi connectivity index (χ3v) is 6.07. The molecule has 1 aromatic carbocycles. The van der Waals surface area contributed by atoms with E-state index in [9.17, 15) is 20.6 Å². The maximum atomic E-state index is 12.8. The fourth-order valence-electron chi connectivity index (χ4n) is 4.64. The zero-order chi connectivity index (χ0) is 24.0. The van der Waals surface area contributed by atoms with E-state index in [-0.39, 0.29) is 31.2 Å². The summed E-state index contributed by atoms with van der Waals surface area (Å²) < 4.78 is 16.4. The van der Waals surface area contributed by atoms with Gasteiger partial charge in [0.2, 0.25) is 6.79 Å². The molecule has 0 radical (unpaired) electrons. The van der Waals surface area contributed by atoms with Crippen LogP contribution in [0.1, 0.15) is 32.3 Å². The molecule has 9 nitrogen and oxygen atoms in total. The highest BCUT2D eigenvalue weighted by molar-refractivity contribution is 5.70. The summed E-state index contributed by atoms with van der Waals surface area (Å²) in [6.45, 7) is 5.79. The first-order chi connectivity index (χ1) is 15.6. The Morgan fingerprint density at radius 3 is 2.55 bits per heavy atom. The van der Waals surface area contributed by atoms with E-state index < -0.39 is 28.9 Å². The number of nitriles is 3. The number of nitrogens with zero attached hydrogens (tertiary/aromatic N) is 4. The zero-order valence-corrected chi connectivity index (χ0v) is 18.6. The summed E-state index contributed by atoms with van der Waals surface area (Å²) in [6.07, 6.45) is 1.24. The first-order valence-electron chi connectivity index (χ1n) is 10.5. The van der Waals surface area contributed by atoms with E-state index in [0.717, 1.165) is 0 Å². The predicted octanol–water partition coefficient (Wildman–Crippen LogP) is 3.08. The van der Waals surface area contributed by atoms with Crippen molar-refractivity contribution in [2.75, 3.05) is 19.9 Å². The topological polar surface area (TPSA) is 145 Å².